The lowest BCUT2D eigenvalue weighted by Crippen LogP contribution is -2.39. The molecule has 4 heteroatoms. The van der Waals surface area contributed by atoms with Crippen molar-refractivity contribution in [2.75, 3.05) is 19.4 Å². The molecule has 0 radical (unpaired) electrons. The van der Waals surface area contributed by atoms with Crippen LogP contribution < -0.4 is 10.5 Å². The fourth-order valence-corrected chi connectivity index (χ4v) is 3.91. The van der Waals surface area contributed by atoms with E-state index in [0.717, 1.165) is 19.4 Å². The number of ether oxygens (including phenoxy) is 1. The van der Waals surface area contributed by atoms with Crippen molar-refractivity contribution >= 4 is 11.6 Å². The molecule has 0 bridgehead atoms. The number of nitrogen functional groups attached to an aromatic ring is 1. The van der Waals surface area contributed by atoms with Gasteiger partial charge in [-0.2, -0.15) is 0 Å². The summed E-state index contributed by atoms with van der Waals surface area (Å²) in [4.78, 5) is 14.9. The Labute approximate surface area is 126 Å². The Bertz CT molecular complexity index is 524. The zero-order chi connectivity index (χ0) is 14.8. The van der Waals surface area contributed by atoms with Crippen LogP contribution in [0.5, 0.6) is 5.75 Å². The number of nitrogens with two attached hydrogens (primary N) is 1. The molecule has 1 unspecified atom stereocenters. The van der Waals surface area contributed by atoms with E-state index in [1.54, 1.807) is 19.2 Å². The lowest BCUT2D eigenvalue weighted by atomic mass is 9.95. The first kappa shape index (κ1) is 14.2. The number of nitrogens with zero attached hydrogens (tertiary/aromatic N) is 1. The van der Waals surface area contributed by atoms with Crippen LogP contribution in [0, 0.1) is 5.92 Å². The molecule has 1 heterocycles. The Morgan fingerprint density at radius 2 is 2.00 bits per heavy atom. The first-order valence-electron chi connectivity index (χ1n) is 7.95. The molecule has 2 fully saturated rings. The minimum atomic E-state index is 0.124. The molecule has 21 heavy (non-hydrogen) atoms. The van der Waals surface area contributed by atoms with E-state index in [4.69, 9.17) is 10.5 Å². The third-order valence-electron chi connectivity index (χ3n) is 4.98. The number of rotatable bonds is 3. The molecule has 1 aromatic carbocycles. The second kappa shape index (κ2) is 5.96. The molecule has 0 aromatic heterocycles. The minimum absolute atomic E-state index is 0.124. The quantitative estimate of drug-likeness (QED) is 0.870. The monoisotopic (exact) mass is 288 g/mol. The lowest BCUT2D eigenvalue weighted by molar-refractivity contribution is 0.0689. The lowest BCUT2D eigenvalue weighted by Gasteiger charge is -2.29. The number of carbonyl (C=O) groups is 1. The molecule has 1 aliphatic heterocycles. The maximum Gasteiger partial charge on any atom is 0.254 e. The second-order valence-electron chi connectivity index (χ2n) is 6.21. The van der Waals surface area contributed by atoms with Crippen molar-refractivity contribution in [2.24, 2.45) is 5.92 Å². The van der Waals surface area contributed by atoms with Crippen molar-refractivity contribution in [3.05, 3.63) is 23.8 Å². The van der Waals surface area contributed by atoms with E-state index in [1.807, 2.05) is 6.07 Å². The maximum atomic E-state index is 12.8. The number of carbonyl (C=O) groups excluding carboxylic acids is 1. The molecule has 114 valence electrons. The van der Waals surface area contributed by atoms with Gasteiger partial charge in [0.1, 0.15) is 5.75 Å². The van der Waals surface area contributed by atoms with Crippen LogP contribution in [-0.2, 0) is 0 Å². The zero-order valence-corrected chi connectivity index (χ0v) is 12.7. The van der Waals surface area contributed by atoms with Gasteiger partial charge in [-0.15, -0.1) is 0 Å². The second-order valence-corrected chi connectivity index (χ2v) is 6.21. The van der Waals surface area contributed by atoms with Crippen molar-refractivity contribution in [1.82, 2.24) is 4.90 Å². The smallest absolute Gasteiger partial charge is 0.254 e. The van der Waals surface area contributed by atoms with Crippen LogP contribution in [0.15, 0.2) is 18.2 Å². The standard InChI is InChI=1S/C17H24N2O2/c1-21-16-9-8-13(11-14(16)18)17(20)19-10-4-7-15(19)12-5-2-3-6-12/h8-9,11-12,15H,2-7,10,18H2,1H3. The highest BCUT2D eigenvalue weighted by Crippen LogP contribution is 2.36. The first-order valence-corrected chi connectivity index (χ1v) is 7.95. The van der Waals surface area contributed by atoms with Crippen molar-refractivity contribution in [3.63, 3.8) is 0 Å². The van der Waals surface area contributed by atoms with Gasteiger partial charge < -0.3 is 15.4 Å². The molecule has 1 saturated carbocycles. The van der Waals surface area contributed by atoms with E-state index in [2.05, 4.69) is 4.90 Å². The molecule has 4 nitrogen and oxygen atoms in total. The van der Waals surface area contributed by atoms with Gasteiger partial charge in [0.25, 0.3) is 5.91 Å². The topological polar surface area (TPSA) is 55.6 Å². The number of likely N-dealkylation sites (tertiary alicyclic amines) is 1. The van der Waals surface area contributed by atoms with Crippen molar-refractivity contribution in [2.45, 2.75) is 44.6 Å². The first-order chi connectivity index (χ1) is 10.2. The van der Waals surface area contributed by atoms with E-state index in [1.165, 1.54) is 25.7 Å². The van der Waals surface area contributed by atoms with E-state index in [-0.39, 0.29) is 5.91 Å². The summed E-state index contributed by atoms with van der Waals surface area (Å²) in [7, 11) is 1.59. The summed E-state index contributed by atoms with van der Waals surface area (Å²) < 4.78 is 5.16. The van der Waals surface area contributed by atoms with Gasteiger partial charge in [0.2, 0.25) is 0 Å². The minimum Gasteiger partial charge on any atom is -0.495 e. The van der Waals surface area contributed by atoms with Gasteiger partial charge in [-0.1, -0.05) is 12.8 Å². The average molecular weight is 288 g/mol. The fourth-order valence-electron chi connectivity index (χ4n) is 3.91. The van der Waals surface area contributed by atoms with Crippen LogP contribution in [0.25, 0.3) is 0 Å². The van der Waals surface area contributed by atoms with Gasteiger partial charge in [0.05, 0.1) is 12.8 Å². The van der Waals surface area contributed by atoms with Gasteiger partial charge >= 0.3 is 0 Å². The summed E-state index contributed by atoms with van der Waals surface area (Å²) in [6.07, 6.45) is 7.47. The van der Waals surface area contributed by atoms with E-state index in [0.29, 0.717) is 29.0 Å². The third-order valence-corrected chi connectivity index (χ3v) is 4.98. The van der Waals surface area contributed by atoms with Gasteiger partial charge in [-0.25, -0.2) is 0 Å². The summed E-state index contributed by atoms with van der Waals surface area (Å²) in [5.41, 5.74) is 7.14. The summed E-state index contributed by atoms with van der Waals surface area (Å²) >= 11 is 0. The van der Waals surface area contributed by atoms with Crippen LogP contribution in [0.2, 0.25) is 0 Å². The number of benzene rings is 1. The normalized spacial score (nSPS) is 22.7. The van der Waals surface area contributed by atoms with Gasteiger partial charge in [0, 0.05) is 18.2 Å². The molecular weight excluding hydrogens is 264 g/mol. The highest BCUT2D eigenvalue weighted by molar-refractivity contribution is 5.95. The number of hydrogen-bond donors (Lipinski definition) is 1. The average Bonchev–Trinajstić information content (AvgIpc) is 3.16. The SMILES string of the molecule is COc1ccc(C(=O)N2CCCC2C2CCCC2)cc1N. The largest absolute Gasteiger partial charge is 0.495 e. The fraction of sp³-hybridized carbons (Fsp3) is 0.588. The number of hydrogen-bond acceptors (Lipinski definition) is 3. The molecule has 1 aromatic rings. The van der Waals surface area contributed by atoms with Crippen molar-refractivity contribution in [3.8, 4) is 5.75 Å². The Morgan fingerprint density at radius 1 is 1.24 bits per heavy atom. The predicted molar refractivity (Wildman–Crippen MR) is 83.4 cm³/mol. The van der Waals surface area contributed by atoms with Crippen LogP contribution in [0.4, 0.5) is 5.69 Å². The summed E-state index contributed by atoms with van der Waals surface area (Å²) in [5.74, 6) is 1.45. The number of anilines is 1. The molecule has 1 saturated heterocycles. The highest BCUT2D eigenvalue weighted by Gasteiger charge is 2.36. The molecule has 2 aliphatic rings. The number of amides is 1. The Morgan fingerprint density at radius 3 is 2.67 bits per heavy atom. The van der Waals surface area contributed by atoms with Crippen molar-refractivity contribution in [1.29, 1.82) is 0 Å². The Balaban J connectivity index is 1.78. The molecule has 0 spiro atoms. The summed E-state index contributed by atoms with van der Waals surface area (Å²) in [5, 5.41) is 0. The van der Waals surface area contributed by atoms with E-state index in [9.17, 15) is 4.79 Å². The number of methoxy groups -OCH3 is 1. The van der Waals surface area contributed by atoms with Gasteiger partial charge in [0.15, 0.2) is 0 Å². The van der Waals surface area contributed by atoms with Crippen LogP contribution in [0.1, 0.15) is 48.9 Å². The van der Waals surface area contributed by atoms with Gasteiger partial charge in [-0.05, 0) is 49.8 Å². The van der Waals surface area contributed by atoms with Crippen molar-refractivity contribution < 1.29 is 9.53 Å². The van der Waals surface area contributed by atoms with E-state index >= 15 is 0 Å². The molecule has 2 N–H and O–H groups in total. The molecule has 3 rings (SSSR count). The molecule has 1 aliphatic carbocycles. The Kier molecular flexibility index (Phi) is 4.04. The predicted octanol–water partition coefficient (Wildman–Crippen LogP) is 3.07. The summed E-state index contributed by atoms with van der Waals surface area (Å²) in [6, 6.07) is 5.78. The Hall–Kier alpha value is -1.71. The third kappa shape index (κ3) is 2.71. The van der Waals surface area contributed by atoms with E-state index < -0.39 is 0 Å². The van der Waals surface area contributed by atoms with Gasteiger partial charge in [-0.3, -0.25) is 4.79 Å². The highest BCUT2D eigenvalue weighted by atomic mass is 16.5. The summed E-state index contributed by atoms with van der Waals surface area (Å²) in [6.45, 7) is 0.881. The zero-order valence-electron chi connectivity index (χ0n) is 12.7. The maximum absolute atomic E-state index is 12.8. The van der Waals surface area contributed by atoms with Crippen LogP contribution in [-0.4, -0.2) is 30.5 Å². The van der Waals surface area contributed by atoms with Crippen LogP contribution in [0.3, 0.4) is 0 Å². The molecule has 1 amide bonds. The molecule has 1 atom stereocenters. The van der Waals surface area contributed by atoms with Crippen LogP contribution >= 0.6 is 0 Å². The molecular formula is C17H24N2O2.